The molecule has 0 radical (unpaired) electrons. The van der Waals surface area contributed by atoms with Crippen LogP contribution in [0.2, 0.25) is 0 Å². The molecule has 6 rings (SSSR count). The van der Waals surface area contributed by atoms with Crippen LogP contribution in [0.1, 0.15) is 50.0 Å². The number of imidazole rings is 1. The average Bonchev–Trinajstić information content (AvgIpc) is 3.13. The number of nitrogens with two attached hydrogens (primary N) is 1. The standard InChI is InChI=1S/C26H25N5/c1-16-5-2-3-8-20(16)21-12-11-17-9-10-19(15-22(17)29-21)23-24-25(27)28-13-14-31(24)26(30-23)18-6-4-7-18/h2-3,8-16,18H,4-7H2,1H3,(H2,27,28). The van der Waals surface area contributed by atoms with Crippen LogP contribution in [0.5, 0.6) is 0 Å². The summed E-state index contributed by atoms with van der Waals surface area (Å²) in [4.78, 5) is 14.4. The highest BCUT2D eigenvalue weighted by Gasteiger charge is 2.27. The van der Waals surface area contributed by atoms with E-state index in [0.29, 0.717) is 17.7 Å². The number of anilines is 1. The predicted octanol–water partition coefficient (Wildman–Crippen LogP) is 5.77. The van der Waals surface area contributed by atoms with E-state index in [2.05, 4.69) is 64.9 Å². The smallest absolute Gasteiger partial charge is 0.150 e. The minimum atomic E-state index is 0.478. The highest BCUT2D eigenvalue weighted by atomic mass is 15.1. The summed E-state index contributed by atoms with van der Waals surface area (Å²) in [5.74, 6) is 2.60. The van der Waals surface area contributed by atoms with Gasteiger partial charge in [-0.05, 0) is 42.9 Å². The number of pyridine rings is 1. The molecule has 1 aromatic carbocycles. The van der Waals surface area contributed by atoms with Crippen molar-refractivity contribution in [3.63, 3.8) is 0 Å². The SMILES string of the molecule is CC1CC=CC=C1c1ccc2ccc(-c3nc(C4CCC4)n4ccnc(N)c34)cc2n1. The van der Waals surface area contributed by atoms with Gasteiger partial charge >= 0.3 is 0 Å². The third kappa shape index (κ3) is 2.95. The van der Waals surface area contributed by atoms with Crippen molar-refractivity contribution in [2.45, 2.75) is 38.5 Å². The van der Waals surface area contributed by atoms with Crippen molar-refractivity contribution in [3.05, 3.63) is 72.5 Å². The van der Waals surface area contributed by atoms with Gasteiger partial charge in [-0.25, -0.2) is 15.0 Å². The molecule has 2 aliphatic rings. The van der Waals surface area contributed by atoms with Gasteiger partial charge in [0.15, 0.2) is 0 Å². The van der Waals surface area contributed by atoms with Gasteiger partial charge in [-0.1, -0.05) is 49.8 Å². The number of nitrogens with zero attached hydrogens (tertiary/aromatic N) is 4. The van der Waals surface area contributed by atoms with E-state index in [0.717, 1.165) is 45.6 Å². The van der Waals surface area contributed by atoms with Crippen molar-refractivity contribution in [3.8, 4) is 11.3 Å². The first-order valence-electron chi connectivity index (χ1n) is 11.1. The summed E-state index contributed by atoms with van der Waals surface area (Å²) < 4.78 is 2.14. The van der Waals surface area contributed by atoms with Crippen molar-refractivity contribution in [2.75, 3.05) is 5.73 Å². The third-order valence-corrected chi connectivity index (χ3v) is 6.77. The maximum absolute atomic E-state index is 6.32. The Hall–Kier alpha value is -3.47. The Morgan fingerprint density at radius 3 is 2.77 bits per heavy atom. The summed E-state index contributed by atoms with van der Waals surface area (Å²) in [5.41, 5.74) is 12.5. The maximum atomic E-state index is 6.32. The molecule has 31 heavy (non-hydrogen) atoms. The predicted molar refractivity (Wildman–Crippen MR) is 126 cm³/mol. The Morgan fingerprint density at radius 1 is 1.10 bits per heavy atom. The molecule has 1 fully saturated rings. The van der Waals surface area contributed by atoms with E-state index >= 15 is 0 Å². The van der Waals surface area contributed by atoms with Gasteiger partial charge in [0, 0.05) is 29.3 Å². The maximum Gasteiger partial charge on any atom is 0.150 e. The van der Waals surface area contributed by atoms with Crippen LogP contribution in [-0.4, -0.2) is 19.4 Å². The molecule has 2 aliphatic carbocycles. The number of hydrogen-bond donors (Lipinski definition) is 1. The van der Waals surface area contributed by atoms with E-state index < -0.39 is 0 Å². The van der Waals surface area contributed by atoms with Crippen LogP contribution in [-0.2, 0) is 0 Å². The van der Waals surface area contributed by atoms with Crippen molar-refractivity contribution in [2.24, 2.45) is 5.92 Å². The van der Waals surface area contributed by atoms with Gasteiger partial charge in [0.1, 0.15) is 22.9 Å². The van der Waals surface area contributed by atoms with Crippen LogP contribution in [0.3, 0.4) is 0 Å². The molecule has 4 aromatic rings. The first-order valence-corrected chi connectivity index (χ1v) is 11.1. The van der Waals surface area contributed by atoms with Crippen molar-refractivity contribution in [1.29, 1.82) is 0 Å². The Labute approximate surface area is 181 Å². The molecule has 0 aliphatic heterocycles. The summed E-state index contributed by atoms with van der Waals surface area (Å²) in [6.45, 7) is 2.26. The molecule has 2 N–H and O–H groups in total. The Balaban J connectivity index is 1.51. The molecule has 3 heterocycles. The number of fused-ring (bicyclic) bond motifs is 2. The molecule has 5 nitrogen and oxygen atoms in total. The molecule has 3 aromatic heterocycles. The molecular formula is C26H25N5. The van der Waals surface area contributed by atoms with Gasteiger partial charge in [-0.2, -0.15) is 0 Å². The van der Waals surface area contributed by atoms with E-state index in [9.17, 15) is 0 Å². The minimum absolute atomic E-state index is 0.478. The molecule has 0 amide bonds. The molecule has 5 heteroatoms. The Bertz CT molecular complexity index is 1370. The second-order valence-corrected chi connectivity index (χ2v) is 8.77. The highest BCUT2D eigenvalue weighted by Crippen LogP contribution is 2.39. The van der Waals surface area contributed by atoms with Gasteiger partial charge in [-0.3, -0.25) is 4.40 Å². The zero-order valence-electron chi connectivity index (χ0n) is 17.6. The summed E-state index contributed by atoms with van der Waals surface area (Å²) in [6.07, 6.45) is 15.0. The second kappa shape index (κ2) is 7.05. The minimum Gasteiger partial charge on any atom is -0.382 e. The summed E-state index contributed by atoms with van der Waals surface area (Å²) >= 11 is 0. The molecule has 1 saturated carbocycles. The highest BCUT2D eigenvalue weighted by molar-refractivity contribution is 5.91. The van der Waals surface area contributed by atoms with Gasteiger partial charge in [-0.15, -0.1) is 0 Å². The largest absolute Gasteiger partial charge is 0.382 e. The van der Waals surface area contributed by atoms with E-state index in [1.807, 2.05) is 6.20 Å². The molecule has 0 spiro atoms. The molecule has 0 bridgehead atoms. The number of nitrogen functional groups attached to an aromatic ring is 1. The number of rotatable bonds is 3. The molecule has 0 saturated heterocycles. The molecular weight excluding hydrogens is 382 g/mol. The van der Waals surface area contributed by atoms with E-state index in [4.69, 9.17) is 15.7 Å². The topological polar surface area (TPSA) is 69.1 Å². The van der Waals surface area contributed by atoms with Crippen LogP contribution < -0.4 is 5.73 Å². The first kappa shape index (κ1) is 18.3. The lowest BCUT2D eigenvalue weighted by atomic mass is 9.85. The monoisotopic (exact) mass is 407 g/mol. The number of allylic oxidation sites excluding steroid dienone is 4. The molecule has 154 valence electrons. The lowest BCUT2D eigenvalue weighted by Crippen LogP contribution is -2.12. The van der Waals surface area contributed by atoms with Crippen molar-refractivity contribution >= 4 is 27.8 Å². The number of benzene rings is 1. The van der Waals surface area contributed by atoms with Gasteiger partial charge in [0.05, 0.1) is 11.2 Å². The van der Waals surface area contributed by atoms with E-state index in [1.54, 1.807) is 6.20 Å². The third-order valence-electron chi connectivity index (χ3n) is 6.77. The quantitative estimate of drug-likeness (QED) is 0.468. The van der Waals surface area contributed by atoms with Crippen LogP contribution in [0.4, 0.5) is 5.82 Å². The van der Waals surface area contributed by atoms with Crippen LogP contribution in [0.15, 0.2) is 61.0 Å². The van der Waals surface area contributed by atoms with Gasteiger partial charge < -0.3 is 5.73 Å². The average molecular weight is 408 g/mol. The summed E-state index contributed by atoms with van der Waals surface area (Å²) in [6, 6.07) is 10.7. The van der Waals surface area contributed by atoms with Crippen LogP contribution in [0.25, 0.3) is 33.3 Å². The molecule has 1 unspecified atom stereocenters. The fourth-order valence-electron chi connectivity index (χ4n) is 4.75. The Morgan fingerprint density at radius 2 is 1.97 bits per heavy atom. The van der Waals surface area contributed by atoms with Crippen LogP contribution in [0, 0.1) is 5.92 Å². The van der Waals surface area contributed by atoms with Crippen LogP contribution >= 0.6 is 0 Å². The second-order valence-electron chi connectivity index (χ2n) is 8.77. The lowest BCUT2D eigenvalue weighted by molar-refractivity contribution is 0.400. The van der Waals surface area contributed by atoms with Gasteiger partial charge in [0.2, 0.25) is 0 Å². The fraction of sp³-hybridized carbons (Fsp3) is 0.269. The van der Waals surface area contributed by atoms with Crippen molar-refractivity contribution < 1.29 is 0 Å². The van der Waals surface area contributed by atoms with Crippen molar-refractivity contribution in [1.82, 2.24) is 19.4 Å². The zero-order chi connectivity index (χ0) is 20.9. The molecule has 1 atom stereocenters. The zero-order valence-corrected chi connectivity index (χ0v) is 17.6. The number of hydrogen-bond acceptors (Lipinski definition) is 4. The first-order chi connectivity index (χ1) is 15.2. The fourth-order valence-corrected chi connectivity index (χ4v) is 4.75. The summed E-state index contributed by atoms with van der Waals surface area (Å²) in [7, 11) is 0. The summed E-state index contributed by atoms with van der Waals surface area (Å²) in [5, 5.41) is 1.13. The Kier molecular flexibility index (Phi) is 4.16. The normalized spacial score (nSPS) is 19.0. The number of aromatic nitrogens is 4. The van der Waals surface area contributed by atoms with E-state index in [-0.39, 0.29) is 0 Å². The lowest BCUT2D eigenvalue weighted by Gasteiger charge is -2.23. The van der Waals surface area contributed by atoms with E-state index in [1.165, 1.54) is 24.8 Å². The van der Waals surface area contributed by atoms with Gasteiger partial charge in [0.25, 0.3) is 0 Å².